The smallest absolute Gasteiger partial charge is 0.136 e. The SMILES string of the molecule is CCC(C)(C)C1=CS(=C(O)c2c(F)cccc2F)C(CC#N)=N1. The Bertz CT molecular complexity index is 753. The third-order valence-electron chi connectivity index (χ3n) is 3.92. The van der Waals surface area contributed by atoms with Crippen LogP contribution in [0, 0.1) is 28.4 Å². The molecular formula is C17H18F2N2OS. The number of nitriles is 1. The van der Waals surface area contributed by atoms with Crippen LogP contribution >= 0.6 is 10.5 Å². The Morgan fingerprint density at radius 2 is 1.96 bits per heavy atom. The summed E-state index contributed by atoms with van der Waals surface area (Å²) < 4.78 is 27.8. The quantitative estimate of drug-likeness (QED) is 0.797. The van der Waals surface area contributed by atoms with Crippen molar-refractivity contribution >= 4 is 20.6 Å². The maximum Gasteiger partial charge on any atom is 0.136 e. The highest BCUT2D eigenvalue weighted by Gasteiger charge is 2.28. The highest BCUT2D eigenvalue weighted by atomic mass is 32.2. The lowest BCUT2D eigenvalue weighted by molar-refractivity contribution is 0.427. The standard InChI is InChI=1S/C17H18F2N2OS/c1-4-17(2,3)13-10-23(14(21-13)8-9-20)16(22)15-11(18)6-5-7-12(15)19/h5-7,10,22H,4,8H2,1-3H3. The third-order valence-corrected chi connectivity index (χ3v) is 5.74. The largest absolute Gasteiger partial charge is 0.354 e. The second kappa shape index (κ2) is 6.73. The van der Waals surface area contributed by atoms with Gasteiger partial charge in [0.1, 0.15) is 16.7 Å². The highest BCUT2D eigenvalue weighted by Crippen LogP contribution is 2.42. The highest BCUT2D eigenvalue weighted by molar-refractivity contribution is 8.31. The predicted octanol–water partition coefficient (Wildman–Crippen LogP) is 4.87. The van der Waals surface area contributed by atoms with Crippen LogP contribution in [0.15, 0.2) is 34.3 Å². The summed E-state index contributed by atoms with van der Waals surface area (Å²) >= 11 is 0. The van der Waals surface area contributed by atoms with Gasteiger partial charge in [-0.2, -0.15) is 5.26 Å². The molecule has 1 heterocycles. The van der Waals surface area contributed by atoms with Crippen LogP contribution in [0.25, 0.3) is 0 Å². The number of rotatable bonds is 4. The van der Waals surface area contributed by atoms with Crippen LogP contribution in [0.5, 0.6) is 0 Å². The molecule has 1 N–H and O–H groups in total. The van der Waals surface area contributed by atoms with Gasteiger partial charge in [0, 0.05) is 5.41 Å². The Labute approximate surface area is 136 Å². The van der Waals surface area contributed by atoms with Crippen LogP contribution in [-0.4, -0.2) is 15.2 Å². The van der Waals surface area contributed by atoms with Crippen molar-refractivity contribution in [2.75, 3.05) is 0 Å². The molecule has 1 aromatic rings. The molecule has 3 nitrogen and oxygen atoms in total. The molecule has 23 heavy (non-hydrogen) atoms. The van der Waals surface area contributed by atoms with E-state index in [1.165, 1.54) is 6.07 Å². The fraction of sp³-hybridized carbons (Fsp3) is 0.353. The summed E-state index contributed by atoms with van der Waals surface area (Å²) in [5, 5.41) is 21.1. The van der Waals surface area contributed by atoms with E-state index in [0.29, 0.717) is 5.04 Å². The van der Waals surface area contributed by atoms with Crippen LogP contribution in [0.2, 0.25) is 0 Å². The van der Waals surface area contributed by atoms with E-state index in [9.17, 15) is 13.9 Å². The van der Waals surface area contributed by atoms with Gasteiger partial charge in [-0.15, -0.1) is 0 Å². The number of nitrogens with zero attached hydrogens (tertiary/aromatic N) is 2. The van der Waals surface area contributed by atoms with E-state index in [1.807, 2.05) is 26.8 Å². The van der Waals surface area contributed by atoms with Crippen LogP contribution in [-0.2, 0) is 0 Å². The van der Waals surface area contributed by atoms with E-state index in [4.69, 9.17) is 5.26 Å². The molecule has 122 valence electrons. The summed E-state index contributed by atoms with van der Waals surface area (Å²) in [4.78, 5) is 4.45. The molecule has 0 saturated carbocycles. The van der Waals surface area contributed by atoms with Gasteiger partial charge in [0.15, 0.2) is 0 Å². The Kier molecular flexibility index (Phi) is 5.12. The monoisotopic (exact) mass is 336 g/mol. The first kappa shape index (κ1) is 17.5. The van der Waals surface area contributed by atoms with Gasteiger partial charge in [-0.3, -0.25) is 0 Å². The van der Waals surface area contributed by atoms with Crippen LogP contribution in [0.4, 0.5) is 8.78 Å². The van der Waals surface area contributed by atoms with Crippen LogP contribution < -0.4 is 0 Å². The molecule has 0 saturated heterocycles. The zero-order valence-corrected chi connectivity index (χ0v) is 14.0. The van der Waals surface area contributed by atoms with Crippen molar-refractivity contribution in [2.45, 2.75) is 33.6 Å². The maximum absolute atomic E-state index is 13.9. The normalized spacial score (nSPS) is 18.3. The first-order valence-electron chi connectivity index (χ1n) is 7.22. The van der Waals surface area contributed by atoms with Gasteiger partial charge < -0.3 is 5.11 Å². The Balaban J connectivity index is 2.64. The number of aliphatic hydroxyl groups excluding tert-OH is 1. The second-order valence-corrected chi connectivity index (χ2v) is 7.59. The van der Waals surface area contributed by atoms with Gasteiger partial charge in [-0.25, -0.2) is 13.8 Å². The zero-order chi connectivity index (χ0) is 17.2. The van der Waals surface area contributed by atoms with Crippen LogP contribution in [0.3, 0.4) is 0 Å². The number of aliphatic hydroxyl groups is 1. The molecule has 0 aromatic heterocycles. The molecule has 0 fully saturated rings. The van der Waals surface area contributed by atoms with E-state index in [1.54, 1.807) is 5.41 Å². The van der Waals surface area contributed by atoms with E-state index >= 15 is 0 Å². The molecule has 1 aliphatic heterocycles. The van der Waals surface area contributed by atoms with Crippen molar-refractivity contribution in [2.24, 2.45) is 10.4 Å². The molecule has 1 unspecified atom stereocenters. The first-order valence-corrected chi connectivity index (χ1v) is 8.50. The number of halogens is 2. The topological polar surface area (TPSA) is 56.4 Å². The molecule has 1 aromatic carbocycles. The van der Waals surface area contributed by atoms with Crippen molar-refractivity contribution in [3.63, 3.8) is 0 Å². The Morgan fingerprint density at radius 3 is 2.48 bits per heavy atom. The molecule has 1 atom stereocenters. The minimum atomic E-state index is -1.10. The molecule has 0 radical (unpaired) electrons. The number of allylic oxidation sites excluding steroid dienone is 1. The van der Waals surface area contributed by atoms with Crippen molar-refractivity contribution in [3.05, 3.63) is 46.5 Å². The minimum absolute atomic E-state index is 0.00301. The summed E-state index contributed by atoms with van der Waals surface area (Å²) in [6.45, 7) is 6.01. The molecule has 0 amide bonds. The summed E-state index contributed by atoms with van der Waals surface area (Å²) in [5.41, 5.74) is 0.0430. The average molecular weight is 336 g/mol. The van der Waals surface area contributed by atoms with Crippen molar-refractivity contribution in [3.8, 4) is 6.07 Å². The lowest BCUT2D eigenvalue weighted by Gasteiger charge is -2.21. The van der Waals surface area contributed by atoms with Crippen LogP contribution in [0.1, 0.15) is 39.2 Å². The molecular weight excluding hydrogens is 318 g/mol. The zero-order valence-electron chi connectivity index (χ0n) is 13.2. The summed E-state index contributed by atoms with van der Waals surface area (Å²) in [6, 6.07) is 5.42. The lowest BCUT2D eigenvalue weighted by Crippen LogP contribution is -2.10. The van der Waals surface area contributed by atoms with E-state index in [0.717, 1.165) is 24.3 Å². The molecule has 2 rings (SSSR count). The van der Waals surface area contributed by atoms with Gasteiger partial charge in [-0.05, 0) is 24.0 Å². The third kappa shape index (κ3) is 3.41. The maximum atomic E-state index is 13.9. The van der Waals surface area contributed by atoms with E-state index < -0.39 is 32.7 Å². The minimum Gasteiger partial charge on any atom is -0.354 e. The predicted molar refractivity (Wildman–Crippen MR) is 90.5 cm³/mol. The van der Waals surface area contributed by atoms with Gasteiger partial charge in [0.25, 0.3) is 0 Å². The Hall–Kier alpha value is -1.84. The fourth-order valence-electron chi connectivity index (χ4n) is 2.05. The van der Waals surface area contributed by atoms with E-state index in [2.05, 4.69) is 4.99 Å². The molecule has 0 aliphatic carbocycles. The summed E-state index contributed by atoms with van der Waals surface area (Å²) in [5.74, 6) is -1.66. The number of hydrogen-bond acceptors (Lipinski definition) is 2. The van der Waals surface area contributed by atoms with Gasteiger partial charge in [0.05, 0.1) is 28.8 Å². The average Bonchev–Trinajstić information content (AvgIpc) is 2.92. The summed E-state index contributed by atoms with van der Waals surface area (Å²) in [6.07, 6.45) is 0.817. The van der Waals surface area contributed by atoms with Gasteiger partial charge in [-0.1, -0.05) is 37.3 Å². The molecule has 0 bridgehead atoms. The van der Waals surface area contributed by atoms with Crippen molar-refractivity contribution in [1.29, 1.82) is 5.26 Å². The number of aliphatic imine (C=N–C) groups is 1. The number of hydrogen-bond donors (Lipinski definition) is 1. The fourth-order valence-corrected chi connectivity index (χ4v) is 3.94. The first-order chi connectivity index (χ1) is 10.8. The second-order valence-electron chi connectivity index (χ2n) is 5.82. The van der Waals surface area contributed by atoms with Crippen molar-refractivity contribution in [1.82, 2.24) is 0 Å². The van der Waals surface area contributed by atoms with Gasteiger partial charge >= 0.3 is 0 Å². The lowest BCUT2D eigenvalue weighted by atomic mass is 9.87. The summed E-state index contributed by atoms with van der Waals surface area (Å²) in [7, 11) is -1.10. The molecule has 6 heteroatoms. The molecule has 1 aliphatic rings. The van der Waals surface area contributed by atoms with Crippen molar-refractivity contribution < 1.29 is 13.9 Å². The van der Waals surface area contributed by atoms with E-state index in [-0.39, 0.29) is 11.8 Å². The number of benzene rings is 1. The Morgan fingerprint density at radius 1 is 1.35 bits per heavy atom. The van der Waals surface area contributed by atoms with Gasteiger partial charge in [0.2, 0.25) is 0 Å². The molecule has 0 spiro atoms.